The Labute approximate surface area is 205 Å². The normalized spacial score (nSPS) is 18.4. The van der Waals surface area contributed by atoms with E-state index in [0.29, 0.717) is 37.4 Å². The van der Waals surface area contributed by atoms with Crippen LogP contribution in [0.3, 0.4) is 0 Å². The number of thiol groups is 1. The zero-order valence-electron chi connectivity index (χ0n) is 19.5. The van der Waals surface area contributed by atoms with Crippen molar-refractivity contribution in [3.8, 4) is 0 Å². The number of rotatable bonds is 12. The van der Waals surface area contributed by atoms with E-state index >= 15 is 0 Å². The van der Waals surface area contributed by atoms with E-state index in [9.17, 15) is 19.5 Å². The highest BCUT2D eigenvalue weighted by molar-refractivity contribution is 7.98. The number of carboxylic acids is 1. The molecule has 1 aromatic rings. The molecule has 184 valence electrons. The van der Waals surface area contributed by atoms with Crippen molar-refractivity contribution >= 4 is 42.2 Å². The quantitative estimate of drug-likeness (QED) is 0.275. The average Bonchev–Trinajstić information content (AvgIpc) is 2.79. The van der Waals surface area contributed by atoms with Crippen molar-refractivity contribution < 1.29 is 19.5 Å². The van der Waals surface area contributed by atoms with Crippen molar-refractivity contribution in [1.82, 2.24) is 15.5 Å². The number of amides is 2. The van der Waals surface area contributed by atoms with Crippen LogP contribution in [0.15, 0.2) is 24.3 Å². The lowest BCUT2D eigenvalue weighted by atomic mass is 9.91. The van der Waals surface area contributed by atoms with Gasteiger partial charge in [0.15, 0.2) is 0 Å². The van der Waals surface area contributed by atoms with Gasteiger partial charge in [0.2, 0.25) is 11.8 Å². The van der Waals surface area contributed by atoms with Gasteiger partial charge in [-0.25, -0.2) is 4.79 Å². The number of nitrogens with zero attached hydrogens (tertiary/aromatic N) is 1. The smallest absolute Gasteiger partial charge is 0.326 e. The van der Waals surface area contributed by atoms with Gasteiger partial charge in [-0.05, 0) is 35.5 Å². The highest BCUT2D eigenvalue weighted by Gasteiger charge is 2.39. The molecule has 0 unspecified atom stereocenters. The van der Waals surface area contributed by atoms with Gasteiger partial charge >= 0.3 is 5.97 Å². The summed E-state index contributed by atoms with van der Waals surface area (Å²) in [5.74, 6) is -0.644. The van der Waals surface area contributed by atoms with Gasteiger partial charge in [0, 0.05) is 31.3 Å². The molecule has 1 aromatic carbocycles. The number of nitrogens with two attached hydrogens (primary N) is 1. The van der Waals surface area contributed by atoms with Crippen molar-refractivity contribution in [2.45, 2.75) is 57.4 Å². The second-order valence-corrected chi connectivity index (χ2v) is 10.1. The summed E-state index contributed by atoms with van der Waals surface area (Å²) in [6.45, 7) is 4.60. The number of nitrogens with one attached hydrogen (secondary N) is 2. The molecule has 8 nitrogen and oxygen atoms in total. The summed E-state index contributed by atoms with van der Waals surface area (Å²) in [6, 6.07) is 5.22. The fourth-order valence-electron chi connectivity index (χ4n) is 3.88. The lowest BCUT2D eigenvalue weighted by molar-refractivity contribution is -0.146. The Morgan fingerprint density at radius 2 is 1.94 bits per heavy atom. The van der Waals surface area contributed by atoms with Gasteiger partial charge in [-0.1, -0.05) is 38.1 Å². The van der Waals surface area contributed by atoms with Gasteiger partial charge in [-0.15, -0.1) is 0 Å². The summed E-state index contributed by atoms with van der Waals surface area (Å²) in [5, 5.41) is 15.5. The number of carbonyl (C=O) groups is 3. The Kier molecular flexibility index (Phi) is 11.0. The molecule has 5 N–H and O–H groups in total. The number of aliphatic carboxylic acids is 1. The number of carbonyl (C=O) groups excluding carboxylic acids is 2. The van der Waals surface area contributed by atoms with E-state index in [4.69, 9.17) is 5.73 Å². The van der Waals surface area contributed by atoms with Crippen LogP contribution in [-0.4, -0.2) is 76.3 Å². The van der Waals surface area contributed by atoms with E-state index in [1.807, 2.05) is 44.4 Å². The number of thioether (sulfide) groups is 1. The minimum Gasteiger partial charge on any atom is -0.480 e. The molecule has 1 heterocycles. The molecule has 1 aliphatic rings. The molecule has 0 saturated heterocycles. The van der Waals surface area contributed by atoms with E-state index in [0.717, 1.165) is 11.1 Å². The number of hydrogen-bond donors (Lipinski definition) is 5. The maximum atomic E-state index is 13.7. The molecule has 2 amide bonds. The van der Waals surface area contributed by atoms with Gasteiger partial charge in [0.1, 0.15) is 12.1 Å². The summed E-state index contributed by atoms with van der Waals surface area (Å²) in [7, 11) is 0. The second-order valence-electron chi connectivity index (χ2n) is 8.71. The SMILES string of the molecule is CSCC[C@H](NC(=O)[C@@H]1Cc2ccccc2CN1C(=O)[C@@H](NC[C@@H](N)CS)C(C)C)C(=O)O. The lowest BCUT2D eigenvalue weighted by Crippen LogP contribution is -2.60. The van der Waals surface area contributed by atoms with Crippen LogP contribution in [0.5, 0.6) is 0 Å². The predicted molar refractivity (Wildman–Crippen MR) is 136 cm³/mol. The minimum atomic E-state index is -1.08. The van der Waals surface area contributed by atoms with Crippen LogP contribution >= 0.6 is 24.4 Å². The molecule has 0 spiro atoms. The van der Waals surface area contributed by atoms with Crippen LogP contribution in [0.1, 0.15) is 31.4 Å². The highest BCUT2D eigenvalue weighted by atomic mass is 32.2. The first-order valence-electron chi connectivity index (χ1n) is 11.2. The Bertz CT molecular complexity index is 823. The molecule has 0 aliphatic carbocycles. The molecule has 2 rings (SSSR count). The Morgan fingerprint density at radius 1 is 1.27 bits per heavy atom. The number of fused-ring (bicyclic) bond motifs is 1. The molecular formula is C23H36N4O4S2. The maximum Gasteiger partial charge on any atom is 0.326 e. The van der Waals surface area contributed by atoms with Crippen LogP contribution in [0.4, 0.5) is 0 Å². The van der Waals surface area contributed by atoms with E-state index in [-0.39, 0.29) is 17.9 Å². The van der Waals surface area contributed by atoms with Crippen molar-refractivity contribution in [2.75, 3.05) is 24.3 Å². The van der Waals surface area contributed by atoms with Crippen molar-refractivity contribution in [3.63, 3.8) is 0 Å². The van der Waals surface area contributed by atoms with Gasteiger partial charge in [-0.3, -0.25) is 9.59 Å². The van der Waals surface area contributed by atoms with Crippen LogP contribution in [-0.2, 0) is 27.3 Å². The van der Waals surface area contributed by atoms with E-state index < -0.39 is 30.0 Å². The molecule has 4 atom stereocenters. The summed E-state index contributed by atoms with van der Waals surface area (Å²) < 4.78 is 0. The van der Waals surface area contributed by atoms with Crippen LogP contribution in [0.2, 0.25) is 0 Å². The third kappa shape index (κ3) is 7.63. The van der Waals surface area contributed by atoms with Crippen LogP contribution in [0.25, 0.3) is 0 Å². The number of carboxylic acid groups (broad SMARTS) is 1. The van der Waals surface area contributed by atoms with Crippen molar-refractivity contribution in [2.24, 2.45) is 11.7 Å². The maximum absolute atomic E-state index is 13.7. The van der Waals surface area contributed by atoms with Crippen LogP contribution in [0, 0.1) is 5.92 Å². The number of hydrogen-bond acceptors (Lipinski definition) is 7. The van der Waals surface area contributed by atoms with Gasteiger partial charge in [0.25, 0.3) is 0 Å². The van der Waals surface area contributed by atoms with Gasteiger partial charge in [-0.2, -0.15) is 24.4 Å². The van der Waals surface area contributed by atoms with Crippen LogP contribution < -0.4 is 16.4 Å². The summed E-state index contributed by atoms with van der Waals surface area (Å²) >= 11 is 5.72. The summed E-state index contributed by atoms with van der Waals surface area (Å²) in [4.78, 5) is 40.2. The average molecular weight is 497 g/mol. The fourth-order valence-corrected chi connectivity index (χ4v) is 4.48. The first-order chi connectivity index (χ1) is 15.7. The Hall–Kier alpha value is -1.75. The molecule has 0 fully saturated rings. The fraction of sp³-hybridized carbons (Fsp3) is 0.609. The molecular weight excluding hydrogens is 460 g/mol. The predicted octanol–water partition coefficient (Wildman–Crippen LogP) is 1.13. The topological polar surface area (TPSA) is 125 Å². The Morgan fingerprint density at radius 3 is 2.52 bits per heavy atom. The molecule has 10 heteroatoms. The first-order valence-corrected chi connectivity index (χ1v) is 13.2. The molecule has 0 aromatic heterocycles. The molecule has 1 aliphatic heterocycles. The summed E-state index contributed by atoms with van der Waals surface area (Å²) in [6.07, 6.45) is 2.54. The third-order valence-corrected chi connectivity index (χ3v) is 6.94. The van der Waals surface area contributed by atoms with E-state index in [1.54, 1.807) is 4.90 Å². The Balaban J connectivity index is 2.30. The third-order valence-electron chi connectivity index (χ3n) is 5.83. The molecule has 0 saturated carbocycles. The van der Waals surface area contributed by atoms with E-state index in [1.165, 1.54) is 11.8 Å². The highest BCUT2D eigenvalue weighted by Crippen LogP contribution is 2.25. The monoisotopic (exact) mass is 496 g/mol. The summed E-state index contributed by atoms with van der Waals surface area (Å²) in [5.41, 5.74) is 7.95. The van der Waals surface area contributed by atoms with Gasteiger partial charge in [0.05, 0.1) is 6.04 Å². The molecule has 33 heavy (non-hydrogen) atoms. The standard InChI is InChI=1S/C23H36N4O4S2/c1-14(2)20(25-11-17(24)13-32)22(29)27-12-16-7-5-4-6-15(16)10-19(27)21(28)26-18(23(30)31)8-9-33-3/h4-7,14,17-20,25,32H,8-13,24H2,1-3H3,(H,26,28)(H,30,31)/t17-,18+,19+,20+/m1/s1. The zero-order chi connectivity index (χ0) is 24.5. The van der Waals surface area contributed by atoms with E-state index in [2.05, 4.69) is 23.3 Å². The van der Waals surface area contributed by atoms with Crippen molar-refractivity contribution in [3.05, 3.63) is 35.4 Å². The minimum absolute atomic E-state index is 0.0288. The molecule has 0 bridgehead atoms. The lowest BCUT2D eigenvalue weighted by Gasteiger charge is -2.39. The largest absolute Gasteiger partial charge is 0.480 e. The first kappa shape index (κ1) is 27.5. The molecule has 0 radical (unpaired) electrons. The second kappa shape index (κ2) is 13.2. The zero-order valence-corrected chi connectivity index (χ0v) is 21.2. The number of benzene rings is 1. The van der Waals surface area contributed by atoms with Crippen molar-refractivity contribution in [1.29, 1.82) is 0 Å². The van der Waals surface area contributed by atoms with Gasteiger partial charge < -0.3 is 26.4 Å².